The van der Waals surface area contributed by atoms with E-state index in [0.717, 1.165) is 5.69 Å². The lowest BCUT2D eigenvalue weighted by molar-refractivity contribution is -0.117. The maximum Gasteiger partial charge on any atom is 0.164 e. The van der Waals surface area contributed by atoms with Crippen molar-refractivity contribution in [2.45, 2.75) is 12.8 Å². The molecule has 0 bridgehead atoms. The number of carbonyl (C=O) groups is 1. The quantitative estimate of drug-likeness (QED) is 0.794. The second-order valence-corrected chi connectivity index (χ2v) is 3.57. The van der Waals surface area contributed by atoms with Gasteiger partial charge in [0.25, 0.3) is 0 Å². The summed E-state index contributed by atoms with van der Waals surface area (Å²) in [6.07, 6.45) is 1.50. The Labute approximate surface area is 98.3 Å². The van der Waals surface area contributed by atoms with E-state index < -0.39 is 5.92 Å². The molecule has 0 N–H and O–H groups in total. The topological polar surface area (TPSA) is 71.6 Å². The average Bonchev–Trinajstić information content (AvgIpc) is 2.80. The highest BCUT2D eigenvalue weighted by atomic mass is 16.1. The first kappa shape index (κ1) is 11.0. The van der Waals surface area contributed by atoms with Crippen LogP contribution in [-0.4, -0.2) is 20.5 Å². The number of nitriles is 1. The molecule has 84 valence electrons. The molecule has 0 spiro atoms. The summed E-state index contributed by atoms with van der Waals surface area (Å²) >= 11 is 0. The molecule has 0 aliphatic rings. The minimum atomic E-state index is -0.877. The molecule has 1 unspecified atom stereocenters. The van der Waals surface area contributed by atoms with E-state index in [2.05, 4.69) is 10.2 Å². The SMILES string of the molecule is CC(=O)C(C#N)c1nncn1-c1ccccc1. The fourth-order valence-corrected chi connectivity index (χ4v) is 1.56. The smallest absolute Gasteiger partial charge is 0.164 e. The van der Waals surface area contributed by atoms with Gasteiger partial charge in [-0.2, -0.15) is 5.26 Å². The van der Waals surface area contributed by atoms with Crippen LogP contribution >= 0.6 is 0 Å². The Morgan fingerprint density at radius 1 is 1.41 bits per heavy atom. The molecule has 0 aliphatic heterocycles. The van der Waals surface area contributed by atoms with Crippen LogP contribution in [0, 0.1) is 11.3 Å². The van der Waals surface area contributed by atoms with Gasteiger partial charge in [-0.3, -0.25) is 9.36 Å². The molecular formula is C12H10N4O. The lowest BCUT2D eigenvalue weighted by Gasteiger charge is -2.08. The molecule has 2 aromatic rings. The van der Waals surface area contributed by atoms with Crippen LogP contribution in [0.4, 0.5) is 0 Å². The number of aromatic nitrogens is 3. The van der Waals surface area contributed by atoms with Gasteiger partial charge >= 0.3 is 0 Å². The van der Waals surface area contributed by atoms with Crippen molar-refractivity contribution in [1.82, 2.24) is 14.8 Å². The van der Waals surface area contributed by atoms with E-state index in [1.807, 2.05) is 36.4 Å². The fourth-order valence-electron chi connectivity index (χ4n) is 1.56. The minimum absolute atomic E-state index is 0.238. The second-order valence-electron chi connectivity index (χ2n) is 3.57. The number of rotatable bonds is 3. The third-order valence-electron chi connectivity index (χ3n) is 2.40. The number of ketones is 1. The van der Waals surface area contributed by atoms with Gasteiger partial charge in [0.1, 0.15) is 6.33 Å². The Balaban J connectivity index is 2.49. The molecule has 0 radical (unpaired) electrons. The van der Waals surface area contributed by atoms with Crippen molar-refractivity contribution in [2.75, 3.05) is 0 Å². The zero-order chi connectivity index (χ0) is 12.3. The predicted octanol–water partition coefficient (Wildman–Crippen LogP) is 1.46. The van der Waals surface area contributed by atoms with Gasteiger partial charge in [0.05, 0.1) is 6.07 Å². The van der Waals surface area contributed by atoms with E-state index in [1.54, 1.807) is 4.57 Å². The lowest BCUT2D eigenvalue weighted by Crippen LogP contribution is -2.12. The molecule has 0 amide bonds. The van der Waals surface area contributed by atoms with Crippen LogP contribution < -0.4 is 0 Å². The molecule has 1 heterocycles. The predicted molar refractivity (Wildman–Crippen MR) is 60.4 cm³/mol. The first-order valence-electron chi connectivity index (χ1n) is 5.09. The van der Waals surface area contributed by atoms with Crippen molar-refractivity contribution < 1.29 is 4.79 Å². The molecule has 5 heteroatoms. The van der Waals surface area contributed by atoms with Crippen molar-refractivity contribution in [3.8, 4) is 11.8 Å². The highest BCUT2D eigenvalue weighted by Gasteiger charge is 2.22. The number of Topliss-reactive ketones (excluding diaryl/α,β-unsaturated/α-hetero) is 1. The molecule has 5 nitrogen and oxygen atoms in total. The van der Waals surface area contributed by atoms with Gasteiger partial charge in [-0.1, -0.05) is 18.2 Å². The van der Waals surface area contributed by atoms with Gasteiger partial charge in [-0.05, 0) is 19.1 Å². The highest BCUT2D eigenvalue weighted by molar-refractivity contribution is 5.85. The van der Waals surface area contributed by atoms with Crippen molar-refractivity contribution in [2.24, 2.45) is 0 Å². The van der Waals surface area contributed by atoms with Crippen molar-refractivity contribution in [3.05, 3.63) is 42.5 Å². The standard InChI is InChI=1S/C12H10N4O/c1-9(17)11(7-13)12-15-14-8-16(12)10-5-3-2-4-6-10/h2-6,8,11H,1H3. The molecule has 0 saturated heterocycles. The Morgan fingerprint density at radius 2 is 2.12 bits per heavy atom. The van der Waals surface area contributed by atoms with E-state index >= 15 is 0 Å². The van der Waals surface area contributed by atoms with Crippen LogP contribution in [0.1, 0.15) is 18.7 Å². The van der Waals surface area contributed by atoms with Gasteiger partial charge in [-0.15, -0.1) is 10.2 Å². The van der Waals surface area contributed by atoms with Gasteiger partial charge in [0.2, 0.25) is 0 Å². The van der Waals surface area contributed by atoms with Crippen LogP contribution in [0.25, 0.3) is 5.69 Å². The number of hydrogen-bond acceptors (Lipinski definition) is 4. The van der Waals surface area contributed by atoms with E-state index in [9.17, 15) is 4.79 Å². The van der Waals surface area contributed by atoms with Crippen LogP contribution in [-0.2, 0) is 4.79 Å². The molecular weight excluding hydrogens is 216 g/mol. The summed E-state index contributed by atoms with van der Waals surface area (Å²) in [7, 11) is 0. The fraction of sp³-hybridized carbons (Fsp3) is 0.167. The van der Waals surface area contributed by atoms with Gasteiger partial charge in [0, 0.05) is 5.69 Å². The molecule has 1 atom stereocenters. The molecule has 0 saturated carbocycles. The molecule has 0 aliphatic carbocycles. The summed E-state index contributed by atoms with van der Waals surface area (Å²) in [5, 5.41) is 16.6. The van der Waals surface area contributed by atoms with Crippen LogP contribution in [0.5, 0.6) is 0 Å². The number of benzene rings is 1. The first-order chi connectivity index (χ1) is 8.24. The van der Waals surface area contributed by atoms with Gasteiger partial charge in [0.15, 0.2) is 17.5 Å². The summed E-state index contributed by atoms with van der Waals surface area (Å²) in [6, 6.07) is 11.3. The maximum absolute atomic E-state index is 11.4. The Kier molecular flexibility index (Phi) is 2.97. The van der Waals surface area contributed by atoms with Crippen LogP contribution in [0.3, 0.4) is 0 Å². The molecule has 1 aromatic carbocycles. The van der Waals surface area contributed by atoms with Crippen molar-refractivity contribution in [1.29, 1.82) is 5.26 Å². The largest absolute Gasteiger partial charge is 0.298 e. The van der Waals surface area contributed by atoms with E-state index in [4.69, 9.17) is 5.26 Å². The van der Waals surface area contributed by atoms with E-state index in [-0.39, 0.29) is 5.78 Å². The monoisotopic (exact) mass is 226 g/mol. The summed E-state index contributed by atoms with van der Waals surface area (Å²) in [5.74, 6) is -0.762. The van der Waals surface area contributed by atoms with Crippen molar-refractivity contribution >= 4 is 5.78 Å². The normalized spacial score (nSPS) is 11.8. The van der Waals surface area contributed by atoms with Crippen LogP contribution in [0.15, 0.2) is 36.7 Å². The zero-order valence-electron chi connectivity index (χ0n) is 9.24. The lowest BCUT2D eigenvalue weighted by atomic mass is 10.1. The Morgan fingerprint density at radius 3 is 2.71 bits per heavy atom. The number of nitrogens with zero attached hydrogens (tertiary/aromatic N) is 4. The summed E-state index contributed by atoms with van der Waals surface area (Å²) in [4.78, 5) is 11.4. The van der Waals surface area contributed by atoms with Gasteiger partial charge < -0.3 is 0 Å². The minimum Gasteiger partial charge on any atom is -0.298 e. The molecule has 1 aromatic heterocycles. The Bertz CT molecular complexity index is 568. The summed E-state index contributed by atoms with van der Waals surface area (Å²) in [5.41, 5.74) is 0.828. The Hall–Kier alpha value is -2.48. The van der Waals surface area contributed by atoms with E-state index in [1.165, 1.54) is 13.3 Å². The number of carbonyl (C=O) groups excluding carboxylic acids is 1. The average molecular weight is 226 g/mol. The van der Waals surface area contributed by atoms with Crippen molar-refractivity contribution in [3.63, 3.8) is 0 Å². The van der Waals surface area contributed by atoms with Crippen LogP contribution in [0.2, 0.25) is 0 Å². The van der Waals surface area contributed by atoms with Gasteiger partial charge in [-0.25, -0.2) is 0 Å². The number of hydrogen-bond donors (Lipinski definition) is 0. The maximum atomic E-state index is 11.4. The molecule has 2 rings (SSSR count). The van der Waals surface area contributed by atoms with E-state index in [0.29, 0.717) is 5.82 Å². The highest BCUT2D eigenvalue weighted by Crippen LogP contribution is 2.17. The third kappa shape index (κ3) is 2.06. The summed E-state index contributed by atoms with van der Waals surface area (Å²) in [6.45, 7) is 1.37. The number of para-hydroxylation sites is 1. The second kappa shape index (κ2) is 4.58. The summed E-state index contributed by atoms with van der Waals surface area (Å²) < 4.78 is 1.65. The molecule has 0 fully saturated rings. The first-order valence-corrected chi connectivity index (χ1v) is 5.09. The third-order valence-corrected chi connectivity index (χ3v) is 2.40. The molecule has 17 heavy (non-hydrogen) atoms. The zero-order valence-corrected chi connectivity index (χ0v) is 9.24.